The quantitative estimate of drug-likeness (QED) is 0.424. The Morgan fingerprint density at radius 3 is 2.90 bits per heavy atom. The average Bonchev–Trinajstić information content (AvgIpc) is 3.43. The van der Waals surface area contributed by atoms with E-state index in [1.807, 2.05) is 37.3 Å². The molecule has 9 nitrogen and oxygen atoms in total. The molecular formula is C20H18N6O3S. The molecule has 0 saturated heterocycles. The summed E-state index contributed by atoms with van der Waals surface area (Å²) in [5.41, 5.74) is 2.56. The second kappa shape index (κ2) is 9.31. The minimum atomic E-state index is -0.104. The number of benzene rings is 1. The summed E-state index contributed by atoms with van der Waals surface area (Å²) >= 11 is 1.31. The van der Waals surface area contributed by atoms with Gasteiger partial charge in [-0.1, -0.05) is 35.1 Å². The number of amides is 1. The van der Waals surface area contributed by atoms with Gasteiger partial charge in [-0.05, 0) is 30.7 Å². The zero-order chi connectivity index (χ0) is 20.8. The molecular weight excluding hydrogens is 404 g/mol. The highest BCUT2D eigenvalue weighted by molar-refractivity contribution is 7.98. The van der Waals surface area contributed by atoms with Crippen LogP contribution in [0.1, 0.15) is 23.7 Å². The van der Waals surface area contributed by atoms with Crippen LogP contribution in [0.5, 0.6) is 0 Å². The first-order valence-corrected chi connectivity index (χ1v) is 10.2. The van der Waals surface area contributed by atoms with Gasteiger partial charge in [0, 0.05) is 30.9 Å². The van der Waals surface area contributed by atoms with E-state index in [9.17, 15) is 4.79 Å². The molecule has 3 heterocycles. The molecule has 0 radical (unpaired) electrons. The third-order valence-electron chi connectivity index (χ3n) is 4.13. The predicted molar refractivity (Wildman–Crippen MR) is 110 cm³/mol. The fraction of sp³-hybridized carbons (Fsp3) is 0.200. The van der Waals surface area contributed by atoms with Crippen molar-refractivity contribution in [2.24, 2.45) is 0 Å². The number of hydrogen-bond donors (Lipinski definition) is 1. The lowest BCUT2D eigenvalue weighted by molar-refractivity contribution is -0.116. The molecule has 10 heteroatoms. The maximum atomic E-state index is 12.1. The number of aromatic nitrogens is 5. The number of rotatable bonds is 8. The largest absolute Gasteiger partial charge is 0.411 e. The highest BCUT2D eigenvalue weighted by Crippen LogP contribution is 2.24. The van der Waals surface area contributed by atoms with Gasteiger partial charge in [-0.2, -0.15) is 4.98 Å². The molecule has 0 spiro atoms. The predicted octanol–water partition coefficient (Wildman–Crippen LogP) is 3.69. The van der Waals surface area contributed by atoms with Crippen molar-refractivity contribution >= 4 is 23.4 Å². The number of thioether (sulfide) groups is 1. The van der Waals surface area contributed by atoms with Crippen LogP contribution < -0.4 is 5.32 Å². The van der Waals surface area contributed by atoms with Crippen LogP contribution in [0, 0.1) is 6.92 Å². The maximum absolute atomic E-state index is 12.1. The SMILES string of the molecule is Cc1ccccc1NC(=O)CCc1nc(CSc2nnc(-c3cccnc3)o2)no1. The monoisotopic (exact) mass is 422 g/mol. The lowest BCUT2D eigenvalue weighted by Crippen LogP contribution is -2.13. The molecule has 152 valence electrons. The van der Waals surface area contributed by atoms with E-state index in [1.165, 1.54) is 11.8 Å². The first-order chi connectivity index (χ1) is 14.7. The maximum Gasteiger partial charge on any atom is 0.277 e. The van der Waals surface area contributed by atoms with E-state index in [2.05, 4.69) is 30.6 Å². The van der Waals surface area contributed by atoms with E-state index in [-0.39, 0.29) is 12.3 Å². The smallest absolute Gasteiger partial charge is 0.277 e. The van der Waals surface area contributed by atoms with Crippen molar-refractivity contribution in [2.75, 3.05) is 5.32 Å². The molecule has 1 N–H and O–H groups in total. The Bertz CT molecular complexity index is 1130. The van der Waals surface area contributed by atoms with Crippen LogP contribution in [-0.2, 0) is 17.0 Å². The topological polar surface area (TPSA) is 120 Å². The number of nitrogens with zero attached hydrogens (tertiary/aromatic N) is 5. The third-order valence-corrected chi connectivity index (χ3v) is 4.95. The van der Waals surface area contributed by atoms with Crippen molar-refractivity contribution in [3.8, 4) is 11.5 Å². The van der Waals surface area contributed by atoms with Gasteiger partial charge >= 0.3 is 0 Å². The Kier molecular flexibility index (Phi) is 6.14. The fourth-order valence-corrected chi connectivity index (χ4v) is 3.20. The van der Waals surface area contributed by atoms with Crippen LogP contribution in [0.3, 0.4) is 0 Å². The summed E-state index contributed by atoms with van der Waals surface area (Å²) in [6.45, 7) is 1.95. The third kappa shape index (κ3) is 5.09. The molecule has 1 amide bonds. The lowest BCUT2D eigenvalue weighted by Gasteiger charge is -2.06. The van der Waals surface area contributed by atoms with Crippen LogP contribution in [0.4, 0.5) is 5.69 Å². The number of anilines is 1. The summed E-state index contributed by atoms with van der Waals surface area (Å²) < 4.78 is 10.8. The van der Waals surface area contributed by atoms with Gasteiger partial charge in [-0.3, -0.25) is 9.78 Å². The van der Waals surface area contributed by atoms with Crippen molar-refractivity contribution in [3.05, 3.63) is 66.1 Å². The van der Waals surface area contributed by atoms with Gasteiger partial charge in [-0.25, -0.2) is 0 Å². The Balaban J connectivity index is 1.26. The zero-order valence-corrected chi connectivity index (χ0v) is 16.9. The fourth-order valence-electron chi connectivity index (χ4n) is 2.60. The molecule has 0 atom stereocenters. The minimum Gasteiger partial charge on any atom is -0.411 e. The van der Waals surface area contributed by atoms with Crippen molar-refractivity contribution in [3.63, 3.8) is 0 Å². The number of pyridine rings is 1. The van der Waals surface area contributed by atoms with Gasteiger partial charge in [-0.15, -0.1) is 10.2 Å². The molecule has 0 saturated carbocycles. The molecule has 4 aromatic rings. The Hall–Kier alpha value is -3.53. The molecule has 0 unspecified atom stereocenters. The molecule has 0 fully saturated rings. The van der Waals surface area contributed by atoms with Crippen molar-refractivity contribution in [2.45, 2.75) is 30.7 Å². The molecule has 0 aliphatic rings. The van der Waals surface area contributed by atoms with Crippen molar-refractivity contribution in [1.82, 2.24) is 25.3 Å². The summed E-state index contributed by atoms with van der Waals surface area (Å²) in [6.07, 6.45) is 3.95. The minimum absolute atomic E-state index is 0.104. The van der Waals surface area contributed by atoms with Crippen LogP contribution >= 0.6 is 11.8 Å². The van der Waals surface area contributed by atoms with E-state index in [1.54, 1.807) is 18.5 Å². The Morgan fingerprint density at radius 1 is 1.17 bits per heavy atom. The molecule has 0 aliphatic carbocycles. The molecule has 0 aliphatic heterocycles. The van der Waals surface area contributed by atoms with E-state index < -0.39 is 0 Å². The van der Waals surface area contributed by atoms with Gasteiger partial charge in [0.1, 0.15) is 0 Å². The number of carbonyl (C=O) groups is 1. The molecule has 0 bridgehead atoms. The first-order valence-electron chi connectivity index (χ1n) is 9.21. The molecule has 3 aromatic heterocycles. The summed E-state index contributed by atoms with van der Waals surface area (Å²) in [6, 6.07) is 11.3. The summed E-state index contributed by atoms with van der Waals surface area (Å²) in [5.74, 6) is 1.61. The number of carbonyl (C=O) groups excluding carboxylic acids is 1. The van der Waals surface area contributed by atoms with Gasteiger partial charge in [0.25, 0.3) is 5.22 Å². The summed E-state index contributed by atoms with van der Waals surface area (Å²) in [4.78, 5) is 20.5. The Morgan fingerprint density at radius 2 is 2.07 bits per heavy atom. The van der Waals surface area contributed by atoms with Crippen molar-refractivity contribution in [1.29, 1.82) is 0 Å². The van der Waals surface area contributed by atoms with Crippen LogP contribution in [0.2, 0.25) is 0 Å². The number of aryl methyl sites for hydroxylation is 2. The summed E-state index contributed by atoms with van der Waals surface area (Å²) in [7, 11) is 0. The van der Waals surface area contributed by atoms with Gasteiger partial charge in [0.05, 0.1) is 11.3 Å². The van der Waals surface area contributed by atoms with Gasteiger partial charge in [0.2, 0.25) is 17.7 Å². The molecule has 30 heavy (non-hydrogen) atoms. The molecule has 4 rings (SSSR count). The van der Waals surface area contributed by atoms with E-state index in [0.717, 1.165) is 16.8 Å². The standard InChI is InChI=1S/C20H18N6O3S/c1-13-5-2-3-7-15(13)22-17(27)8-9-18-23-16(26-29-18)12-30-20-25-24-19(28-20)14-6-4-10-21-11-14/h2-7,10-11H,8-9,12H2,1H3,(H,22,27). The first kappa shape index (κ1) is 19.8. The number of hydrogen-bond acceptors (Lipinski definition) is 9. The van der Waals surface area contributed by atoms with Gasteiger partial charge < -0.3 is 14.3 Å². The normalized spacial score (nSPS) is 10.8. The highest BCUT2D eigenvalue weighted by atomic mass is 32.2. The second-order valence-corrected chi connectivity index (χ2v) is 7.30. The summed E-state index contributed by atoms with van der Waals surface area (Å²) in [5, 5.41) is 15.2. The van der Waals surface area contributed by atoms with E-state index in [0.29, 0.717) is 35.0 Å². The van der Waals surface area contributed by atoms with Crippen LogP contribution in [0.25, 0.3) is 11.5 Å². The van der Waals surface area contributed by atoms with Crippen LogP contribution in [-0.4, -0.2) is 31.2 Å². The van der Waals surface area contributed by atoms with Gasteiger partial charge in [0.15, 0.2) is 5.82 Å². The van der Waals surface area contributed by atoms with E-state index in [4.69, 9.17) is 8.94 Å². The average molecular weight is 422 g/mol. The Labute approximate surface area is 176 Å². The van der Waals surface area contributed by atoms with E-state index >= 15 is 0 Å². The molecule has 1 aromatic carbocycles. The van der Waals surface area contributed by atoms with Crippen LogP contribution in [0.15, 0.2) is 63.0 Å². The highest BCUT2D eigenvalue weighted by Gasteiger charge is 2.13. The number of para-hydroxylation sites is 1. The second-order valence-electron chi connectivity index (χ2n) is 6.37. The lowest BCUT2D eigenvalue weighted by atomic mass is 10.2. The zero-order valence-electron chi connectivity index (χ0n) is 16.1. The number of nitrogens with one attached hydrogen (secondary N) is 1. The van der Waals surface area contributed by atoms with Crippen molar-refractivity contribution < 1.29 is 13.7 Å².